The molecule has 3 aromatic rings. The number of sulfone groups is 1. The van der Waals surface area contributed by atoms with Crippen molar-refractivity contribution in [3.05, 3.63) is 100 Å². The number of likely N-dealkylation sites (tertiary alicyclic amines) is 1. The summed E-state index contributed by atoms with van der Waals surface area (Å²) in [6.07, 6.45) is 3.06. The first-order chi connectivity index (χ1) is 15.3. The average Bonchev–Trinajstić information content (AvgIpc) is 3.14. The van der Waals surface area contributed by atoms with Gasteiger partial charge in [-0.15, -0.1) is 0 Å². The molecule has 0 saturated carbocycles. The molecule has 0 spiro atoms. The third-order valence-electron chi connectivity index (χ3n) is 7.48. The summed E-state index contributed by atoms with van der Waals surface area (Å²) < 4.78 is 40.7. The monoisotopic (exact) mass is 449 g/mol. The molecule has 0 aromatic heterocycles. The summed E-state index contributed by atoms with van der Waals surface area (Å²) in [6, 6.07) is 20.0. The van der Waals surface area contributed by atoms with E-state index in [-0.39, 0.29) is 10.9 Å². The van der Waals surface area contributed by atoms with Crippen LogP contribution in [0, 0.1) is 12.7 Å². The minimum Gasteiger partial charge on any atom is -0.301 e. The molecule has 2 unspecified atom stereocenters. The molecule has 5 heteroatoms. The molecule has 2 aliphatic rings. The zero-order valence-corrected chi connectivity index (χ0v) is 19.3. The van der Waals surface area contributed by atoms with Crippen LogP contribution in [0.1, 0.15) is 40.7 Å². The van der Waals surface area contributed by atoms with Gasteiger partial charge in [0.15, 0.2) is 9.84 Å². The van der Waals surface area contributed by atoms with Crippen LogP contribution < -0.4 is 0 Å². The quantitative estimate of drug-likeness (QED) is 0.524. The molecule has 1 heterocycles. The molecule has 2 atom stereocenters. The topological polar surface area (TPSA) is 37.4 Å². The van der Waals surface area contributed by atoms with Crippen LogP contribution in [0.5, 0.6) is 0 Å². The summed E-state index contributed by atoms with van der Waals surface area (Å²) in [4.78, 5) is 2.39. The summed E-state index contributed by atoms with van der Waals surface area (Å²) >= 11 is 0. The van der Waals surface area contributed by atoms with Crippen molar-refractivity contribution >= 4 is 9.84 Å². The van der Waals surface area contributed by atoms with Crippen molar-refractivity contribution in [1.82, 2.24) is 4.90 Å². The van der Waals surface area contributed by atoms with E-state index in [1.54, 1.807) is 0 Å². The number of benzene rings is 3. The Balaban J connectivity index is 1.61. The second-order valence-electron chi connectivity index (χ2n) is 9.23. The maximum Gasteiger partial charge on any atom is 0.189 e. The van der Waals surface area contributed by atoms with Crippen molar-refractivity contribution in [2.75, 3.05) is 13.6 Å². The average molecular weight is 450 g/mol. The molecule has 1 saturated heterocycles. The highest BCUT2D eigenvalue weighted by Crippen LogP contribution is 2.52. The van der Waals surface area contributed by atoms with Crippen LogP contribution in [0.25, 0.3) is 0 Å². The fourth-order valence-corrected chi connectivity index (χ4v) is 8.19. The number of hydrogen-bond donors (Lipinski definition) is 0. The Bertz CT molecular complexity index is 1270. The van der Waals surface area contributed by atoms with Crippen LogP contribution in [0.2, 0.25) is 0 Å². The van der Waals surface area contributed by atoms with E-state index in [1.807, 2.05) is 13.1 Å². The molecular formula is C27H28FNO2S. The summed E-state index contributed by atoms with van der Waals surface area (Å²) in [5.74, 6) is -0.425. The zero-order chi connectivity index (χ0) is 22.5. The number of nitrogens with zero attached hydrogens (tertiary/aromatic N) is 1. The Hall–Kier alpha value is -2.50. The van der Waals surface area contributed by atoms with Crippen LogP contribution in [-0.2, 0) is 27.4 Å². The molecule has 1 aliphatic carbocycles. The Kier molecular flexibility index (Phi) is 5.22. The number of likely N-dealkylation sites (N-methyl/N-ethyl adjacent to an activating group) is 1. The Labute approximate surface area is 189 Å². The lowest BCUT2D eigenvalue weighted by Gasteiger charge is -2.42. The predicted molar refractivity (Wildman–Crippen MR) is 125 cm³/mol. The van der Waals surface area contributed by atoms with E-state index in [0.717, 1.165) is 36.9 Å². The first-order valence-corrected chi connectivity index (χ1v) is 12.7. The summed E-state index contributed by atoms with van der Waals surface area (Å²) in [5.41, 5.74) is 5.81. The first-order valence-electron chi connectivity index (χ1n) is 11.2. The van der Waals surface area contributed by atoms with E-state index in [9.17, 15) is 12.8 Å². The van der Waals surface area contributed by atoms with Crippen LogP contribution in [0.15, 0.2) is 71.6 Å². The van der Waals surface area contributed by atoms with Gasteiger partial charge in [0.1, 0.15) is 10.6 Å². The molecule has 0 radical (unpaired) electrons. The SMILES string of the molecule is Cc1ccccc1Cc1ccc2c(c1)CCC1N(C)CCC21S(=O)(=O)c1ccc(F)cc1. The van der Waals surface area contributed by atoms with Gasteiger partial charge in [0.25, 0.3) is 0 Å². The largest absolute Gasteiger partial charge is 0.301 e. The molecule has 1 aliphatic heterocycles. The Morgan fingerprint density at radius 2 is 1.81 bits per heavy atom. The van der Waals surface area contributed by atoms with Gasteiger partial charge in [0.2, 0.25) is 0 Å². The number of halogens is 1. The molecule has 0 amide bonds. The smallest absolute Gasteiger partial charge is 0.189 e. The maximum atomic E-state index is 14.1. The van der Waals surface area contributed by atoms with Crippen molar-refractivity contribution in [3.63, 3.8) is 0 Å². The van der Waals surface area contributed by atoms with Crippen LogP contribution in [0.3, 0.4) is 0 Å². The van der Waals surface area contributed by atoms with Gasteiger partial charge in [-0.1, -0.05) is 42.5 Å². The van der Waals surface area contributed by atoms with Gasteiger partial charge in [-0.2, -0.15) is 0 Å². The fourth-order valence-electron chi connectivity index (χ4n) is 5.77. The number of fused-ring (bicyclic) bond motifs is 3. The zero-order valence-electron chi connectivity index (χ0n) is 18.5. The highest BCUT2D eigenvalue weighted by Gasteiger charge is 2.58. The maximum absolute atomic E-state index is 14.1. The molecule has 32 heavy (non-hydrogen) atoms. The lowest BCUT2D eigenvalue weighted by atomic mass is 9.77. The van der Waals surface area contributed by atoms with Crippen LogP contribution in [-0.4, -0.2) is 33.0 Å². The second-order valence-corrected chi connectivity index (χ2v) is 11.4. The van der Waals surface area contributed by atoms with Gasteiger partial charge in [0, 0.05) is 12.6 Å². The lowest BCUT2D eigenvalue weighted by Crippen LogP contribution is -2.50. The highest BCUT2D eigenvalue weighted by atomic mass is 32.2. The standard InChI is InChI=1S/C27H28FNO2S/c1-19-5-3-4-6-21(19)17-20-7-13-25-22(18-20)8-14-26-27(25,15-16-29(26)2)32(30,31)24-11-9-23(28)10-12-24/h3-7,9-13,18,26H,8,14-17H2,1-2H3. The third-order valence-corrected chi connectivity index (χ3v) is 10.0. The van der Waals surface area contributed by atoms with Crippen molar-refractivity contribution in [1.29, 1.82) is 0 Å². The molecule has 0 N–H and O–H groups in total. The Morgan fingerprint density at radius 3 is 2.56 bits per heavy atom. The first kappa shape index (κ1) is 21.4. The predicted octanol–water partition coefficient (Wildman–Crippen LogP) is 5.04. The number of aryl methyl sites for hydroxylation is 2. The molecule has 0 bridgehead atoms. The van der Waals surface area contributed by atoms with Crippen molar-refractivity contribution < 1.29 is 12.8 Å². The van der Waals surface area contributed by atoms with E-state index in [2.05, 4.69) is 48.2 Å². The molecule has 1 fully saturated rings. The van der Waals surface area contributed by atoms with Crippen LogP contribution in [0.4, 0.5) is 4.39 Å². The molecule has 5 rings (SSSR count). The van der Waals surface area contributed by atoms with Crippen LogP contribution >= 0.6 is 0 Å². The van der Waals surface area contributed by atoms with Gasteiger partial charge in [-0.05, 0) is 91.7 Å². The summed E-state index contributed by atoms with van der Waals surface area (Å²) in [6.45, 7) is 2.85. The fraction of sp³-hybridized carbons (Fsp3) is 0.333. The summed E-state index contributed by atoms with van der Waals surface area (Å²) in [5, 5.41) is 0. The third kappa shape index (κ3) is 3.22. The van der Waals surface area contributed by atoms with E-state index in [1.165, 1.54) is 41.0 Å². The van der Waals surface area contributed by atoms with Crippen molar-refractivity contribution in [2.45, 2.75) is 48.3 Å². The van der Waals surface area contributed by atoms with E-state index >= 15 is 0 Å². The minimum atomic E-state index is -3.71. The molecule has 166 valence electrons. The van der Waals surface area contributed by atoms with Gasteiger partial charge in [0.05, 0.1) is 4.90 Å². The lowest BCUT2D eigenvalue weighted by molar-refractivity contribution is 0.256. The van der Waals surface area contributed by atoms with Gasteiger partial charge in [-0.3, -0.25) is 0 Å². The molecule has 3 nitrogen and oxygen atoms in total. The van der Waals surface area contributed by atoms with Crippen molar-refractivity contribution in [3.8, 4) is 0 Å². The minimum absolute atomic E-state index is 0.0766. The molecule has 3 aromatic carbocycles. The van der Waals surface area contributed by atoms with Gasteiger partial charge < -0.3 is 4.90 Å². The van der Waals surface area contributed by atoms with Crippen molar-refractivity contribution in [2.24, 2.45) is 0 Å². The normalized spacial score (nSPS) is 23.0. The Morgan fingerprint density at radius 1 is 1.06 bits per heavy atom. The van der Waals surface area contributed by atoms with E-state index < -0.39 is 20.4 Å². The van der Waals surface area contributed by atoms with E-state index in [4.69, 9.17) is 0 Å². The highest BCUT2D eigenvalue weighted by molar-refractivity contribution is 7.92. The van der Waals surface area contributed by atoms with Gasteiger partial charge in [-0.25, -0.2) is 12.8 Å². The molecular weight excluding hydrogens is 421 g/mol. The second kappa shape index (κ2) is 7.82. The van der Waals surface area contributed by atoms with E-state index in [0.29, 0.717) is 6.42 Å². The van der Waals surface area contributed by atoms with Gasteiger partial charge >= 0.3 is 0 Å². The summed E-state index contributed by atoms with van der Waals surface area (Å²) in [7, 11) is -1.69. The number of hydrogen-bond acceptors (Lipinski definition) is 3. The number of rotatable bonds is 4.